The van der Waals surface area contributed by atoms with E-state index in [4.69, 9.17) is 10.5 Å². The Balaban J connectivity index is 2.42. The first-order valence-electron chi connectivity index (χ1n) is 5.73. The van der Waals surface area contributed by atoms with E-state index in [1.807, 2.05) is 12.1 Å². The van der Waals surface area contributed by atoms with Gasteiger partial charge in [-0.3, -0.25) is 0 Å². The van der Waals surface area contributed by atoms with Gasteiger partial charge < -0.3 is 10.5 Å². The van der Waals surface area contributed by atoms with Crippen molar-refractivity contribution in [3.05, 3.63) is 29.8 Å². The summed E-state index contributed by atoms with van der Waals surface area (Å²) in [6, 6.07) is 8.42. The molecule has 0 radical (unpaired) electrons. The van der Waals surface area contributed by atoms with Crippen LogP contribution in [0.1, 0.15) is 32.3 Å². The molecule has 0 saturated carbocycles. The van der Waals surface area contributed by atoms with E-state index in [-0.39, 0.29) is 6.04 Å². The summed E-state index contributed by atoms with van der Waals surface area (Å²) in [5.41, 5.74) is 7.14. The lowest BCUT2D eigenvalue weighted by molar-refractivity contribution is 0.285. The molecule has 0 aliphatic carbocycles. The maximum absolute atomic E-state index is 5.77. The fraction of sp³-hybridized carbons (Fsp3) is 0.538. The topological polar surface area (TPSA) is 35.2 Å². The number of benzene rings is 1. The van der Waals surface area contributed by atoms with Gasteiger partial charge >= 0.3 is 0 Å². The maximum Gasteiger partial charge on any atom is 0.119 e. The average Bonchev–Trinajstić information content (AvgIpc) is 2.28. The molecular formula is C13H21NO. The van der Waals surface area contributed by atoms with Crippen molar-refractivity contribution in [2.75, 3.05) is 6.61 Å². The largest absolute Gasteiger partial charge is 0.492 e. The van der Waals surface area contributed by atoms with Crippen molar-refractivity contribution in [3.8, 4) is 5.75 Å². The summed E-state index contributed by atoms with van der Waals surface area (Å²) in [4.78, 5) is 0. The molecule has 15 heavy (non-hydrogen) atoms. The van der Waals surface area contributed by atoms with E-state index in [0.717, 1.165) is 18.6 Å². The third kappa shape index (κ3) is 4.34. The number of rotatable bonds is 6. The minimum absolute atomic E-state index is 0.139. The number of nitrogens with two attached hydrogens (primary N) is 1. The van der Waals surface area contributed by atoms with Crippen LogP contribution in [-0.4, -0.2) is 12.6 Å². The van der Waals surface area contributed by atoms with Gasteiger partial charge in [-0.25, -0.2) is 0 Å². The fourth-order valence-corrected chi connectivity index (χ4v) is 1.36. The van der Waals surface area contributed by atoms with Crippen LogP contribution in [0.4, 0.5) is 0 Å². The van der Waals surface area contributed by atoms with Gasteiger partial charge in [-0.05, 0) is 30.5 Å². The van der Waals surface area contributed by atoms with Crippen LogP contribution in [0.15, 0.2) is 24.3 Å². The second-order valence-electron chi connectivity index (χ2n) is 3.87. The summed E-state index contributed by atoms with van der Waals surface area (Å²) in [7, 11) is 0. The highest BCUT2D eigenvalue weighted by molar-refractivity contribution is 5.27. The zero-order valence-electron chi connectivity index (χ0n) is 9.70. The van der Waals surface area contributed by atoms with E-state index in [2.05, 4.69) is 26.0 Å². The van der Waals surface area contributed by atoms with Crippen LogP contribution in [-0.2, 0) is 6.42 Å². The smallest absolute Gasteiger partial charge is 0.119 e. The molecule has 0 bridgehead atoms. The maximum atomic E-state index is 5.77. The molecule has 1 aromatic carbocycles. The molecule has 1 rings (SSSR count). The molecule has 1 atom stereocenters. The van der Waals surface area contributed by atoms with Gasteiger partial charge in [0.05, 0.1) is 0 Å². The molecule has 2 N–H and O–H groups in total. The van der Waals surface area contributed by atoms with Gasteiger partial charge in [-0.1, -0.05) is 32.4 Å². The minimum Gasteiger partial charge on any atom is -0.492 e. The molecule has 84 valence electrons. The zero-order chi connectivity index (χ0) is 11.1. The number of hydrogen-bond acceptors (Lipinski definition) is 2. The van der Waals surface area contributed by atoms with Gasteiger partial charge in [0.2, 0.25) is 0 Å². The second kappa shape index (κ2) is 6.46. The van der Waals surface area contributed by atoms with E-state index in [1.165, 1.54) is 12.0 Å². The Bertz CT molecular complexity index is 268. The summed E-state index contributed by atoms with van der Waals surface area (Å²) in [5, 5.41) is 0. The molecule has 0 saturated heterocycles. The highest BCUT2D eigenvalue weighted by Gasteiger charge is 2.00. The Kier molecular flexibility index (Phi) is 5.19. The van der Waals surface area contributed by atoms with Crippen LogP contribution < -0.4 is 10.5 Å². The molecule has 0 aliphatic heterocycles. The predicted octanol–water partition coefficient (Wildman–Crippen LogP) is 2.76. The van der Waals surface area contributed by atoms with Gasteiger partial charge in [-0.2, -0.15) is 0 Å². The lowest BCUT2D eigenvalue weighted by atomic mass is 10.1. The lowest BCUT2D eigenvalue weighted by Crippen LogP contribution is -2.26. The molecular weight excluding hydrogens is 186 g/mol. The molecule has 2 heteroatoms. The molecule has 2 nitrogen and oxygen atoms in total. The van der Waals surface area contributed by atoms with E-state index in [1.54, 1.807) is 0 Å². The Labute approximate surface area is 92.4 Å². The number of ether oxygens (including phenoxy) is 1. The average molecular weight is 207 g/mol. The van der Waals surface area contributed by atoms with Crippen LogP contribution in [0.5, 0.6) is 5.75 Å². The number of aryl methyl sites for hydroxylation is 1. The first kappa shape index (κ1) is 12.1. The Hall–Kier alpha value is -1.02. The van der Waals surface area contributed by atoms with Crippen molar-refractivity contribution < 1.29 is 4.74 Å². The van der Waals surface area contributed by atoms with E-state index >= 15 is 0 Å². The van der Waals surface area contributed by atoms with E-state index in [0.29, 0.717) is 6.61 Å². The molecule has 1 unspecified atom stereocenters. The van der Waals surface area contributed by atoms with Gasteiger partial charge in [-0.15, -0.1) is 0 Å². The van der Waals surface area contributed by atoms with Crippen molar-refractivity contribution in [1.82, 2.24) is 0 Å². The summed E-state index contributed by atoms with van der Waals surface area (Å²) < 4.78 is 5.57. The summed E-state index contributed by atoms with van der Waals surface area (Å²) >= 11 is 0. The van der Waals surface area contributed by atoms with Crippen LogP contribution >= 0.6 is 0 Å². The van der Waals surface area contributed by atoms with Crippen molar-refractivity contribution in [2.24, 2.45) is 5.73 Å². The van der Waals surface area contributed by atoms with Gasteiger partial charge in [0.15, 0.2) is 0 Å². The fourth-order valence-electron chi connectivity index (χ4n) is 1.36. The predicted molar refractivity (Wildman–Crippen MR) is 64.2 cm³/mol. The molecule has 0 aliphatic rings. The Morgan fingerprint density at radius 1 is 1.20 bits per heavy atom. The zero-order valence-corrected chi connectivity index (χ0v) is 9.70. The molecule has 0 spiro atoms. The third-order valence-corrected chi connectivity index (χ3v) is 2.45. The normalized spacial score (nSPS) is 12.5. The SMILES string of the molecule is CCCc1ccc(OCC(N)CC)cc1. The van der Waals surface area contributed by atoms with Crippen LogP contribution in [0, 0.1) is 0 Å². The van der Waals surface area contributed by atoms with Gasteiger partial charge in [0.1, 0.15) is 12.4 Å². The second-order valence-corrected chi connectivity index (χ2v) is 3.87. The molecule has 0 amide bonds. The quantitative estimate of drug-likeness (QED) is 0.778. The van der Waals surface area contributed by atoms with E-state index < -0.39 is 0 Å². The minimum atomic E-state index is 0.139. The highest BCUT2D eigenvalue weighted by atomic mass is 16.5. The molecule has 1 aromatic rings. The van der Waals surface area contributed by atoms with Gasteiger partial charge in [0.25, 0.3) is 0 Å². The van der Waals surface area contributed by atoms with Crippen LogP contribution in [0.3, 0.4) is 0 Å². The first-order chi connectivity index (χ1) is 7.26. The highest BCUT2D eigenvalue weighted by Crippen LogP contribution is 2.13. The first-order valence-corrected chi connectivity index (χ1v) is 5.73. The summed E-state index contributed by atoms with van der Waals surface area (Å²) in [6.07, 6.45) is 3.27. The standard InChI is InChI=1S/C13H21NO/c1-3-5-11-6-8-13(9-7-11)15-10-12(14)4-2/h6-9,12H,3-5,10,14H2,1-2H3. The van der Waals surface area contributed by atoms with Crippen molar-refractivity contribution in [1.29, 1.82) is 0 Å². The van der Waals surface area contributed by atoms with Crippen molar-refractivity contribution in [2.45, 2.75) is 39.2 Å². The summed E-state index contributed by atoms with van der Waals surface area (Å²) in [5.74, 6) is 0.916. The lowest BCUT2D eigenvalue weighted by Gasteiger charge is -2.11. The number of hydrogen-bond donors (Lipinski definition) is 1. The third-order valence-electron chi connectivity index (χ3n) is 2.45. The molecule has 0 aromatic heterocycles. The molecule has 0 fully saturated rings. The molecule has 0 heterocycles. The van der Waals surface area contributed by atoms with E-state index in [9.17, 15) is 0 Å². The monoisotopic (exact) mass is 207 g/mol. The van der Waals surface area contributed by atoms with Crippen LogP contribution in [0.2, 0.25) is 0 Å². The Morgan fingerprint density at radius 2 is 1.87 bits per heavy atom. The van der Waals surface area contributed by atoms with Crippen molar-refractivity contribution in [3.63, 3.8) is 0 Å². The van der Waals surface area contributed by atoms with Crippen molar-refractivity contribution >= 4 is 0 Å². The van der Waals surface area contributed by atoms with Gasteiger partial charge in [0, 0.05) is 6.04 Å². The van der Waals surface area contributed by atoms with Crippen LogP contribution in [0.25, 0.3) is 0 Å². The summed E-state index contributed by atoms with van der Waals surface area (Å²) in [6.45, 7) is 4.85. The Morgan fingerprint density at radius 3 is 2.40 bits per heavy atom.